The van der Waals surface area contributed by atoms with Crippen molar-refractivity contribution in [2.45, 2.75) is 48.8 Å². The Morgan fingerprint density at radius 2 is 1.86 bits per heavy atom. The number of rotatable bonds is 0. The molecule has 4 bridgehead atoms. The summed E-state index contributed by atoms with van der Waals surface area (Å²) in [6, 6.07) is 19.1. The van der Waals surface area contributed by atoms with Crippen molar-refractivity contribution in [2.75, 3.05) is 43.1 Å². The van der Waals surface area contributed by atoms with Crippen molar-refractivity contribution in [1.82, 2.24) is 4.72 Å². The van der Waals surface area contributed by atoms with Gasteiger partial charge in [-0.1, -0.05) is 29.8 Å². The monoisotopic (exact) mass is 605 g/mol. The molecule has 0 unspecified atom stereocenters. The highest BCUT2D eigenvalue weighted by Crippen LogP contribution is 2.46. The fourth-order valence-corrected chi connectivity index (χ4v) is 8.65. The van der Waals surface area contributed by atoms with Gasteiger partial charge in [-0.05, 0) is 103 Å². The molecular formula is C33H36ClN3O4S. The van der Waals surface area contributed by atoms with Gasteiger partial charge in [0.05, 0.1) is 23.6 Å². The van der Waals surface area contributed by atoms with Crippen LogP contribution in [0, 0.1) is 11.8 Å². The first-order valence-electron chi connectivity index (χ1n) is 14.9. The highest BCUT2D eigenvalue weighted by atomic mass is 35.5. The SMILES string of the molecule is CN1C[C@@H]2CC[C@H]2CN2C[C@@]3(CCCc4cc(Cl)ccc43)COc3ccc(cc32)S(=O)(=O)NC(=O)Cc2cccc1c2. The smallest absolute Gasteiger partial charge is 0.264 e. The lowest BCUT2D eigenvalue weighted by atomic mass is 9.69. The predicted molar refractivity (Wildman–Crippen MR) is 165 cm³/mol. The lowest BCUT2D eigenvalue weighted by Crippen LogP contribution is -2.49. The van der Waals surface area contributed by atoms with E-state index in [9.17, 15) is 13.2 Å². The average molecular weight is 606 g/mol. The number of hydrogen-bond acceptors (Lipinski definition) is 6. The maximum absolute atomic E-state index is 13.5. The molecule has 1 saturated carbocycles. The summed E-state index contributed by atoms with van der Waals surface area (Å²) in [5.41, 5.74) is 4.91. The van der Waals surface area contributed by atoms with Crippen molar-refractivity contribution in [2.24, 2.45) is 11.8 Å². The third kappa shape index (κ3) is 5.02. The van der Waals surface area contributed by atoms with Gasteiger partial charge in [-0.15, -0.1) is 0 Å². The summed E-state index contributed by atoms with van der Waals surface area (Å²) in [6.07, 6.45) is 5.31. The van der Waals surface area contributed by atoms with E-state index in [0.29, 0.717) is 24.2 Å². The van der Waals surface area contributed by atoms with Gasteiger partial charge in [-0.3, -0.25) is 4.79 Å². The molecule has 2 heterocycles. The zero-order valence-corrected chi connectivity index (χ0v) is 25.4. The summed E-state index contributed by atoms with van der Waals surface area (Å²) in [5.74, 6) is 1.12. The normalized spacial score (nSPS) is 26.7. The number of carbonyl (C=O) groups is 1. The van der Waals surface area contributed by atoms with E-state index in [2.05, 4.69) is 39.8 Å². The second kappa shape index (κ2) is 10.5. The van der Waals surface area contributed by atoms with Crippen LogP contribution in [0.2, 0.25) is 5.02 Å². The van der Waals surface area contributed by atoms with E-state index in [1.54, 1.807) is 18.2 Å². The van der Waals surface area contributed by atoms with Crippen molar-refractivity contribution in [3.63, 3.8) is 0 Å². The van der Waals surface area contributed by atoms with E-state index in [4.69, 9.17) is 16.3 Å². The van der Waals surface area contributed by atoms with Crippen LogP contribution in [0.15, 0.2) is 65.6 Å². The zero-order valence-electron chi connectivity index (χ0n) is 23.8. The summed E-state index contributed by atoms with van der Waals surface area (Å²) in [7, 11) is -1.98. The Balaban J connectivity index is 1.31. The summed E-state index contributed by atoms with van der Waals surface area (Å²) in [6.45, 7) is 2.99. The number of nitrogens with one attached hydrogen (secondary N) is 1. The second-order valence-corrected chi connectivity index (χ2v) is 14.7. The quantitative estimate of drug-likeness (QED) is 0.373. The van der Waals surface area contributed by atoms with Crippen molar-refractivity contribution in [3.8, 4) is 5.75 Å². The van der Waals surface area contributed by atoms with Crippen LogP contribution >= 0.6 is 11.6 Å². The first-order valence-corrected chi connectivity index (χ1v) is 16.7. The Morgan fingerprint density at radius 1 is 1.02 bits per heavy atom. The van der Waals surface area contributed by atoms with Crippen LogP contribution in [0.4, 0.5) is 11.4 Å². The number of halogens is 1. The molecule has 9 heteroatoms. The van der Waals surface area contributed by atoms with Gasteiger partial charge in [0.25, 0.3) is 10.0 Å². The Morgan fingerprint density at radius 3 is 2.69 bits per heavy atom. The van der Waals surface area contributed by atoms with E-state index >= 15 is 0 Å². The van der Waals surface area contributed by atoms with Gasteiger partial charge in [-0.2, -0.15) is 0 Å². The molecule has 3 aromatic rings. The van der Waals surface area contributed by atoms with Gasteiger partial charge >= 0.3 is 0 Å². The Hall–Kier alpha value is -3.23. The van der Waals surface area contributed by atoms with Crippen LogP contribution < -0.4 is 19.3 Å². The Bertz CT molecular complexity index is 1660. The number of amides is 1. The van der Waals surface area contributed by atoms with Gasteiger partial charge < -0.3 is 14.5 Å². The zero-order chi connectivity index (χ0) is 29.1. The third-order valence-electron chi connectivity index (χ3n) is 9.82. The molecule has 1 spiro atoms. The van der Waals surface area contributed by atoms with Crippen LogP contribution in [-0.4, -0.2) is 47.6 Å². The Labute approximate surface area is 252 Å². The minimum absolute atomic E-state index is 0.0148. The highest BCUT2D eigenvalue weighted by Gasteiger charge is 2.43. The predicted octanol–water partition coefficient (Wildman–Crippen LogP) is 5.34. The standard InChI is InChI=1S/C33H36ClN3O4S/c1-36-18-24-7-8-25(24)19-37-20-33(13-3-5-23-16-26(34)9-11-29(23)33)21-41-31-12-10-28(17-30(31)37)42(39,40)35-32(38)15-22-4-2-6-27(36)14-22/h2,4,6,9-12,14,16-17,24-25H,3,5,7-8,13,15,18-21H2,1H3,(H,35,38)/t24-,25-,33-/m0/s1. The molecule has 0 saturated heterocycles. The van der Waals surface area contributed by atoms with Crippen LogP contribution in [-0.2, 0) is 33.1 Å². The minimum atomic E-state index is -4.08. The fourth-order valence-electron chi connectivity index (χ4n) is 7.45. The second-order valence-electron chi connectivity index (χ2n) is 12.6. The molecule has 7 nitrogen and oxygen atoms in total. The molecule has 2 aliphatic carbocycles. The lowest BCUT2D eigenvalue weighted by molar-refractivity contribution is -0.118. The Kier molecular flexibility index (Phi) is 6.89. The van der Waals surface area contributed by atoms with Crippen LogP contribution in [0.1, 0.15) is 42.4 Å². The number of benzene rings is 3. The third-order valence-corrected chi connectivity index (χ3v) is 11.4. The van der Waals surface area contributed by atoms with Gasteiger partial charge in [0.1, 0.15) is 5.75 Å². The van der Waals surface area contributed by atoms with Crippen LogP contribution in [0.5, 0.6) is 5.75 Å². The summed E-state index contributed by atoms with van der Waals surface area (Å²) in [5, 5.41) is 0.748. The van der Waals surface area contributed by atoms with Crippen molar-refractivity contribution < 1.29 is 17.9 Å². The maximum Gasteiger partial charge on any atom is 0.264 e. The first-order chi connectivity index (χ1) is 20.2. The van der Waals surface area contributed by atoms with Crippen molar-refractivity contribution in [3.05, 3.63) is 82.4 Å². The van der Waals surface area contributed by atoms with Crippen LogP contribution in [0.3, 0.4) is 0 Å². The number of anilines is 2. The van der Waals surface area contributed by atoms with Gasteiger partial charge in [0.2, 0.25) is 5.91 Å². The van der Waals surface area contributed by atoms with Crippen molar-refractivity contribution >= 4 is 38.9 Å². The number of hydrogen-bond donors (Lipinski definition) is 1. The number of carbonyl (C=O) groups excluding carboxylic acids is 1. The molecule has 2 aliphatic heterocycles. The topological polar surface area (TPSA) is 79.0 Å². The number of aryl methyl sites for hydroxylation is 1. The molecule has 1 N–H and O–H groups in total. The molecule has 0 radical (unpaired) electrons. The molecule has 220 valence electrons. The fraction of sp³-hybridized carbons (Fsp3) is 0.424. The molecule has 7 rings (SSSR count). The lowest BCUT2D eigenvalue weighted by Gasteiger charge is -2.45. The molecule has 3 aromatic carbocycles. The molecule has 1 fully saturated rings. The van der Waals surface area contributed by atoms with E-state index in [0.717, 1.165) is 73.7 Å². The van der Waals surface area contributed by atoms with Gasteiger partial charge in [0.15, 0.2) is 0 Å². The summed E-state index contributed by atoms with van der Waals surface area (Å²) in [4.78, 5) is 17.6. The maximum atomic E-state index is 13.5. The molecule has 0 aromatic heterocycles. The van der Waals surface area contributed by atoms with E-state index in [-0.39, 0.29) is 16.7 Å². The highest BCUT2D eigenvalue weighted by molar-refractivity contribution is 7.90. The molecule has 3 atom stereocenters. The minimum Gasteiger partial charge on any atom is -0.490 e. The number of sulfonamides is 1. The van der Waals surface area contributed by atoms with E-state index < -0.39 is 15.9 Å². The average Bonchev–Trinajstić information content (AvgIpc) is 3.10. The summed E-state index contributed by atoms with van der Waals surface area (Å²) < 4.78 is 35.8. The molecular weight excluding hydrogens is 570 g/mol. The van der Waals surface area contributed by atoms with Crippen molar-refractivity contribution in [1.29, 1.82) is 0 Å². The van der Waals surface area contributed by atoms with E-state index in [1.807, 2.05) is 24.3 Å². The molecule has 42 heavy (non-hydrogen) atoms. The number of fused-ring (bicyclic) bond motifs is 6. The van der Waals surface area contributed by atoms with Crippen LogP contribution in [0.25, 0.3) is 0 Å². The number of nitrogens with zero attached hydrogens (tertiary/aromatic N) is 2. The summed E-state index contributed by atoms with van der Waals surface area (Å²) >= 11 is 6.40. The largest absolute Gasteiger partial charge is 0.490 e. The van der Waals surface area contributed by atoms with E-state index in [1.165, 1.54) is 11.1 Å². The van der Waals surface area contributed by atoms with Gasteiger partial charge in [0, 0.05) is 42.8 Å². The van der Waals surface area contributed by atoms with Gasteiger partial charge in [-0.25, -0.2) is 13.1 Å². The molecule has 4 aliphatic rings. The number of ether oxygens (including phenoxy) is 1. The first kappa shape index (κ1) is 27.6. The molecule has 1 amide bonds.